The molecule has 18 heavy (non-hydrogen) atoms. The van der Waals surface area contributed by atoms with Crippen LogP contribution < -0.4 is 14.8 Å². The topological polar surface area (TPSA) is 30.5 Å². The largest absolute Gasteiger partial charge is 0.497 e. The van der Waals surface area contributed by atoms with Gasteiger partial charge in [0.05, 0.1) is 13.7 Å². The van der Waals surface area contributed by atoms with Crippen LogP contribution in [0.15, 0.2) is 18.2 Å². The van der Waals surface area contributed by atoms with Gasteiger partial charge in [0.2, 0.25) is 0 Å². The molecular formula is C15H21NO2. The van der Waals surface area contributed by atoms with E-state index in [0.29, 0.717) is 6.04 Å². The molecule has 0 bridgehead atoms. The molecule has 1 atom stereocenters. The summed E-state index contributed by atoms with van der Waals surface area (Å²) in [5, 5.41) is 3.70. The van der Waals surface area contributed by atoms with Crippen molar-refractivity contribution in [3.63, 3.8) is 0 Å². The molecule has 1 aliphatic carbocycles. The molecule has 1 aliphatic heterocycles. The van der Waals surface area contributed by atoms with Crippen LogP contribution in [-0.4, -0.2) is 20.3 Å². The van der Waals surface area contributed by atoms with Gasteiger partial charge in [-0.25, -0.2) is 0 Å². The summed E-state index contributed by atoms with van der Waals surface area (Å²) in [7, 11) is 1.71. The Hall–Kier alpha value is -1.22. The van der Waals surface area contributed by atoms with Crippen LogP contribution in [0, 0.1) is 5.92 Å². The third-order valence-corrected chi connectivity index (χ3v) is 4.13. The van der Waals surface area contributed by atoms with Gasteiger partial charge in [-0.3, -0.25) is 0 Å². The number of ether oxygens (including phenoxy) is 2. The number of fused-ring (bicyclic) bond motifs is 1. The van der Waals surface area contributed by atoms with E-state index in [1.165, 1.54) is 24.8 Å². The van der Waals surface area contributed by atoms with Crippen LogP contribution in [-0.2, 0) is 0 Å². The molecule has 0 aromatic heterocycles. The van der Waals surface area contributed by atoms with Crippen molar-refractivity contribution >= 4 is 0 Å². The fraction of sp³-hybridized carbons (Fsp3) is 0.600. The summed E-state index contributed by atoms with van der Waals surface area (Å²) in [6.45, 7) is 1.95. The van der Waals surface area contributed by atoms with Crippen LogP contribution in [0.4, 0.5) is 0 Å². The molecule has 3 rings (SSSR count). The molecule has 3 nitrogen and oxygen atoms in total. The monoisotopic (exact) mass is 247 g/mol. The Morgan fingerprint density at radius 2 is 2.22 bits per heavy atom. The lowest BCUT2D eigenvalue weighted by Crippen LogP contribution is -2.33. The number of hydrogen-bond donors (Lipinski definition) is 1. The number of nitrogens with one attached hydrogen (secondary N) is 1. The highest BCUT2D eigenvalue weighted by atomic mass is 16.5. The minimum atomic E-state index is 0.421. The van der Waals surface area contributed by atoms with Gasteiger partial charge in [0.1, 0.15) is 11.5 Å². The lowest BCUT2D eigenvalue weighted by Gasteiger charge is -2.31. The Bertz CT molecular complexity index is 415. The van der Waals surface area contributed by atoms with E-state index in [2.05, 4.69) is 11.4 Å². The SMILES string of the molecule is COc1ccc2c(c1)C(NCC1CCC1)CCO2. The first kappa shape index (κ1) is 11.8. The molecule has 1 N–H and O–H groups in total. The highest BCUT2D eigenvalue weighted by molar-refractivity contribution is 5.43. The lowest BCUT2D eigenvalue weighted by atomic mass is 9.85. The summed E-state index contributed by atoms with van der Waals surface area (Å²) in [4.78, 5) is 0. The highest BCUT2D eigenvalue weighted by Gasteiger charge is 2.24. The molecule has 0 saturated heterocycles. The summed E-state index contributed by atoms with van der Waals surface area (Å²) in [6, 6.07) is 6.51. The molecule has 1 saturated carbocycles. The summed E-state index contributed by atoms with van der Waals surface area (Å²) in [5.41, 5.74) is 1.25. The first-order valence-electron chi connectivity index (χ1n) is 6.91. The van der Waals surface area contributed by atoms with Gasteiger partial charge in [0.15, 0.2) is 0 Å². The standard InChI is InChI=1S/C15H21NO2/c1-17-12-5-6-15-13(9-12)14(7-8-18-15)16-10-11-3-2-4-11/h5-6,9,11,14,16H,2-4,7-8,10H2,1H3. The van der Waals surface area contributed by atoms with E-state index in [9.17, 15) is 0 Å². The Labute approximate surface area is 108 Å². The van der Waals surface area contributed by atoms with Crippen LogP contribution in [0.25, 0.3) is 0 Å². The van der Waals surface area contributed by atoms with Crippen molar-refractivity contribution in [1.29, 1.82) is 0 Å². The van der Waals surface area contributed by atoms with Crippen molar-refractivity contribution in [2.45, 2.75) is 31.7 Å². The second kappa shape index (κ2) is 5.19. The molecule has 1 heterocycles. The van der Waals surface area contributed by atoms with Crippen LogP contribution in [0.3, 0.4) is 0 Å². The number of methoxy groups -OCH3 is 1. The van der Waals surface area contributed by atoms with Crippen LogP contribution in [0.5, 0.6) is 11.5 Å². The number of hydrogen-bond acceptors (Lipinski definition) is 3. The summed E-state index contributed by atoms with van der Waals surface area (Å²) in [5.74, 6) is 2.81. The molecule has 1 aromatic rings. The van der Waals surface area contributed by atoms with Crippen LogP contribution in [0.1, 0.15) is 37.3 Å². The second-order valence-electron chi connectivity index (χ2n) is 5.30. The first-order valence-corrected chi connectivity index (χ1v) is 6.91. The fourth-order valence-electron chi connectivity index (χ4n) is 2.72. The third-order valence-electron chi connectivity index (χ3n) is 4.13. The van der Waals surface area contributed by atoms with Gasteiger partial charge in [-0.2, -0.15) is 0 Å². The molecule has 0 radical (unpaired) electrons. The van der Waals surface area contributed by atoms with Gasteiger partial charge < -0.3 is 14.8 Å². The van der Waals surface area contributed by atoms with E-state index in [0.717, 1.165) is 37.0 Å². The van der Waals surface area contributed by atoms with Gasteiger partial charge in [0.25, 0.3) is 0 Å². The van der Waals surface area contributed by atoms with Crippen molar-refractivity contribution in [2.24, 2.45) is 5.92 Å². The van der Waals surface area contributed by atoms with E-state index >= 15 is 0 Å². The quantitative estimate of drug-likeness (QED) is 0.887. The molecule has 98 valence electrons. The van der Waals surface area contributed by atoms with Crippen molar-refractivity contribution in [1.82, 2.24) is 5.32 Å². The lowest BCUT2D eigenvalue weighted by molar-refractivity contribution is 0.232. The predicted octanol–water partition coefficient (Wildman–Crippen LogP) is 2.91. The first-order chi connectivity index (χ1) is 8.86. The van der Waals surface area contributed by atoms with Gasteiger partial charge in [-0.05, 0) is 43.5 Å². The van der Waals surface area contributed by atoms with E-state index in [-0.39, 0.29) is 0 Å². The fourth-order valence-corrected chi connectivity index (χ4v) is 2.72. The van der Waals surface area contributed by atoms with E-state index in [1.54, 1.807) is 7.11 Å². The van der Waals surface area contributed by atoms with E-state index < -0.39 is 0 Å². The molecule has 0 amide bonds. The average molecular weight is 247 g/mol. The summed E-state index contributed by atoms with van der Waals surface area (Å²) < 4.78 is 11.0. The van der Waals surface area contributed by atoms with Crippen molar-refractivity contribution in [3.05, 3.63) is 23.8 Å². The maximum atomic E-state index is 5.70. The van der Waals surface area contributed by atoms with Crippen LogP contribution in [0.2, 0.25) is 0 Å². The molecule has 1 unspecified atom stereocenters. The molecule has 1 aromatic carbocycles. The smallest absolute Gasteiger partial charge is 0.124 e. The predicted molar refractivity (Wildman–Crippen MR) is 71.2 cm³/mol. The second-order valence-corrected chi connectivity index (χ2v) is 5.30. The van der Waals surface area contributed by atoms with Gasteiger partial charge in [-0.15, -0.1) is 0 Å². The van der Waals surface area contributed by atoms with Crippen molar-refractivity contribution in [3.8, 4) is 11.5 Å². The zero-order chi connectivity index (χ0) is 12.4. The van der Waals surface area contributed by atoms with E-state index in [4.69, 9.17) is 9.47 Å². The number of rotatable bonds is 4. The zero-order valence-corrected chi connectivity index (χ0v) is 10.9. The average Bonchev–Trinajstić information content (AvgIpc) is 2.36. The molecule has 0 spiro atoms. The Kier molecular flexibility index (Phi) is 3.41. The van der Waals surface area contributed by atoms with Crippen molar-refractivity contribution < 1.29 is 9.47 Å². The third kappa shape index (κ3) is 2.32. The minimum Gasteiger partial charge on any atom is -0.497 e. The molecule has 1 fully saturated rings. The maximum Gasteiger partial charge on any atom is 0.124 e. The molecule has 2 aliphatic rings. The Balaban J connectivity index is 1.72. The van der Waals surface area contributed by atoms with Gasteiger partial charge >= 0.3 is 0 Å². The van der Waals surface area contributed by atoms with E-state index in [1.807, 2.05) is 12.1 Å². The minimum absolute atomic E-state index is 0.421. The van der Waals surface area contributed by atoms with Gasteiger partial charge in [-0.1, -0.05) is 6.42 Å². The summed E-state index contributed by atoms with van der Waals surface area (Å²) in [6.07, 6.45) is 5.24. The molecule has 3 heteroatoms. The number of benzene rings is 1. The van der Waals surface area contributed by atoms with Gasteiger partial charge in [0, 0.05) is 18.0 Å². The zero-order valence-electron chi connectivity index (χ0n) is 10.9. The molecular weight excluding hydrogens is 226 g/mol. The maximum absolute atomic E-state index is 5.70. The Morgan fingerprint density at radius 1 is 1.33 bits per heavy atom. The summed E-state index contributed by atoms with van der Waals surface area (Å²) >= 11 is 0. The Morgan fingerprint density at radius 3 is 2.94 bits per heavy atom. The van der Waals surface area contributed by atoms with Crippen molar-refractivity contribution in [2.75, 3.05) is 20.3 Å². The normalized spacial score (nSPS) is 22.8. The van der Waals surface area contributed by atoms with Crippen LogP contribution >= 0.6 is 0 Å². The highest BCUT2D eigenvalue weighted by Crippen LogP contribution is 2.35.